The summed E-state index contributed by atoms with van der Waals surface area (Å²) < 4.78 is 37.7. The maximum absolute atomic E-state index is 17.0. The average Bonchev–Trinajstić information content (AvgIpc) is 3.55. The average molecular weight is 627 g/mol. The van der Waals surface area contributed by atoms with Crippen LogP contribution in [0.25, 0.3) is 32.9 Å². The number of pyridine rings is 1. The van der Waals surface area contributed by atoms with Crippen molar-refractivity contribution in [3.8, 4) is 47.7 Å². The highest BCUT2D eigenvalue weighted by Gasteiger charge is 2.49. The first-order valence-corrected chi connectivity index (χ1v) is 15.7. The van der Waals surface area contributed by atoms with Crippen molar-refractivity contribution in [1.82, 2.24) is 25.2 Å². The highest BCUT2D eigenvalue weighted by Crippen LogP contribution is 2.42. The third kappa shape index (κ3) is 5.02. The topological polar surface area (TPSA) is 86.6 Å². The van der Waals surface area contributed by atoms with Crippen molar-refractivity contribution in [2.24, 2.45) is 0 Å². The normalized spacial score (nSPS) is 23.3. The lowest BCUT2D eigenvalue weighted by molar-refractivity contribution is 0.107. The van der Waals surface area contributed by atoms with Crippen molar-refractivity contribution in [3.63, 3.8) is 0 Å². The zero-order valence-corrected chi connectivity index (χ0v) is 26.1. The zero-order chi connectivity index (χ0) is 31.5. The van der Waals surface area contributed by atoms with Crippen LogP contribution in [0.3, 0.4) is 0 Å². The van der Waals surface area contributed by atoms with Crippen LogP contribution in [-0.4, -0.2) is 82.0 Å². The fraction of sp³-hybridized carbons (Fsp3) is 0.382. The fourth-order valence-corrected chi connectivity index (χ4v) is 7.62. The van der Waals surface area contributed by atoms with Gasteiger partial charge in [-0.2, -0.15) is 9.97 Å². The molecule has 3 aliphatic heterocycles. The van der Waals surface area contributed by atoms with E-state index in [0.717, 1.165) is 24.7 Å². The first-order chi connectivity index (χ1) is 21.7. The lowest BCUT2D eigenvalue weighted by Gasteiger charge is -2.34. The summed E-state index contributed by atoms with van der Waals surface area (Å²) in [4.78, 5) is 18.2. The van der Waals surface area contributed by atoms with Gasteiger partial charge in [-0.1, -0.05) is 18.1 Å². The van der Waals surface area contributed by atoms with Crippen LogP contribution in [0.5, 0.6) is 11.8 Å². The fourth-order valence-electron chi connectivity index (χ4n) is 7.29. The Kier molecular flexibility index (Phi) is 7.49. The number of benzene rings is 2. The van der Waals surface area contributed by atoms with Gasteiger partial charge in [0.2, 0.25) is 0 Å². The van der Waals surface area contributed by atoms with E-state index in [1.807, 2.05) is 11.0 Å². The quantitative estimate of drug-likeness (QED) is 0.255. The van der Waals surface area contributed by atoms with Crippen molar-refractivity contribution in [3.05, 3.63) is 41.3 Å². The Morgan fingerprint density at radius 2 is 2.00 bits per heavy atom. The first kappa shape index (κ1) is 29.6. The standard InChI is InChI=1S/C34H33F2N6O2P/c1-4-23-26(45)8-7-20-13-22(43)14-24(27(20)23)30-29(36)31-28(25(5-2)38-30)32(41-12-10-37-19(3)16-41)40-33(39-31)44-18-34-9-6-11-42(34)17-21(35)15-34/h1-2,7-8,13-14,19,21,37,43H,6,9-12,15-18,45H2,3H3/t19-,21?,34-/m0/s1. The summed E-state index contributed by atoms with van der Waals surface area (Å²) in [5, 5.41) is 16.3. The second-order valence-electron chi connectivity index (χ2n) is 12.3. The third-order valence-electron chi connectivity index (χ3n) is 9.32. The van der Waals surface area contributed by atoms with E-state index in [1.54, 1.807) is 12.1 Å². The molecule has 3 aliphatic rings. The van der Waals surface area contributed by atoms with Gasteiger partial charge in [0.25, 0.3) is 0 Å². The molecule has 2 aromatic heterocycles. The van der Waals surface area contributed by atoms with E-state index in [1.165, 1.54) is 6.07 Å². The number of nitrogens with one attached hydrogen (secondary N) is 1. The lowest BCUT2D eigenvalue weighted by Crippen LogP contribution is -2.49. The number of nitrogens with zero attached hydrogens (tertiary/aromatic N) is 5. The van der Waals surface area contributed by atoms with Gasteiger partial charge in [0, 0.05) is 55.2 Å². The van der Waals surface area contributed by atoms with Crippen LogP contribution in [0.4, 0.5) is 14.6 Å². The van der Waals surface area contributed by atoms with E-state index >= 15 is 4.39 Å². The number of aromatic hydroxyl groups is 1. The summed E-state index contributed by atoms with van der Waals surface area (Å²) in [6.07, 6.45) is 13.2. The van der Waals surface area contributed by atoms with E-state index in [0.29, 0.717) is 60.1 Å². The minimum atomic E-state index is -0.916. The number of hydrogen-bond donors (Lipinski definition) is 2. The van der Waals surface area contributed by atoms with Crippen molar-refractivity contribution >= 4 is 42.0 Å². The molecule has 4 aromatic rings. The molecule has 0 saturated carbocycles. The molecule has 3 saturated heterocycles. The van der Waals surface area contributed by atoms with Crippen LogP contribution in [-0.2, 0) is 0 Å². The maximum atomic E-state index is 17.0. The summed E-state index contributed by atoms with van der Waals surface area (Å²) in [7, 11) is 2.60. The second kappa shape index (κ2) is 11.4. The highest BCUT2D eigenvalue weighted by molar-refractivity contribution is 7.27. The summed E-state index contributed by atoms with van der Waals surface area (Å²) in [6, 6.07) is 6.76. The van der Waals surface area contributed by atoms with Gasteiger partial charge in [0.15, 0.2) is 5.82 Å². The summed E-state index contributed by atoms with van der Waals surface area (Å²) in [6.45, 7) is 5.35. The Hall–Kier alpha value is -4.08. The minimum Gasteiger partial charge on any atom is -0.508 e. The van der Waals surface area contributed by atoms with Crippen molar-refractivity contribution in [1.29, 1.82) is 0 Å². The highest BCUT2D eigenvalue weighted by atomic mass is 31.0. The SMILES string of the molecule is C#Cc1c(P)ccc2cc(O)cc(-c3nc(C#C)c4c(N5CCN[C@@H](C)C5)nc(OC[C@@]56CCCN5CC(F)C6)nc4c3F)c12. The molecule has 4 atom stereocenters. The molecule has 11 heteroatoms. The Bertz CT molecular complexity index is 1940. The Morgan fingerprint density at radius 1 is 1.16 bits per heavy atom. The van der Waals surface area contributed by atoms with Gasteiger partial charge in [-0.05, 0) is 55.1 Å². The van der Waals surface area contributed by atoms with Gasteiger partial charge in [0.05, 0.1) is 10.9 Å². The van der Waals surface area contributed by atoms with Gasteiger partial charge in [0.1, 0.15) is 41.3 Å². The van der Waals surface area contributed by atoms with Gasteiger partial charge in [-0.25, -0.2) is 13.8 Å². The van der Waals surface area contributed by atoms with Crippen LogP contribution < -0.4 is 20.3 Å². The monoisotopic (exact) mass is 626 g/mol. The number of terminal acetylenes is 2. The molecule has 0 amide bonds. The van der Waals surface area contributed by atoms with E-state index in [-0.39, 0.29) is 46.9 Å². The number of phenolic OH excluding ortho intramolecular Hbond substituents is 1. The summed E-state index contributed by atoms with van der Waals surface area (Å²) in [5.41, 5.74) is 0.403. The molecular formula is C34H33F2N6O2P. The molecule has 7 rings (SSSR count). The van der Waals surface area contributed by atoms with E-state index < -0.39 is 17.5 Å². The van der Waals surface area contributed by atoms with E-state index in [4.69, 9.17) is 22.6 Å². The van der Waals surface area contributed by atoms with Gasteiger partial charge in [-0.15, -0.1) is 22.1 Å². The number of ether oxygens (including phenoxy) is 1. The number of hydrogen-bond acceptors (Lipinski definition) is 8. The number of halogens is 2. The first-order valence-electron chi connectivity index (χ1n) is 15.1. The Labute approximate surface area is 262 Å². The number of anilines is 1. The molecule has 8 nitrogen and oxygen atoms in total. The summed E-state index contributed by atoms with van der Waals surface area (Å²) >= 11 is 0. The lowest BCUT2D eigenvalue weighted by atomic mass is 9.95. The molecule has 0 spiro atoms. The van der Waals surface area contributed by atoms with Gasteiger partial charge in [-0.3, -0.25) is 4.90 Å². The van der Waals surface area contributed by atoms with Crippen LogP contribution in [0, 0.1) is 30.5 Å². The molecule has 2 unspecified atom stereocenters. The predicted octanol–water partition coefficient (Wildman–Crippen LogP) is 3.91. The van der Waals surface area contributed by atoms with Crippen molar-refractivity contribution < 1.29 is 18.6 Å². The van der Waals surface area contributed by atoms with Gasteiger partial charge < -0.3 is 20.1 Å². The molecular weight excluding hydrogens is 593 g/mol. The number of aromatic nitrogens is 3. The van der Waals surface area contributed by atoms with Crippen molar-refractivity contribution in [2.45, 2.75) is 43.9 Å². The maximum Gasteiger partial charge on any atom is 0.319 e. The van der Waals surface area contributed by atoms with E-state index in [2.05, 4.69) is 48.2 Å². The number of rotatable bonds is 5. The molecule has 230 valence electrons. The molecule has 0 radical (unpaired) electrons. The number of fused-ring (bicyclic) bond motifs is 3. The molecule has 45 heavy (non-hydrogen) atoms. The number of alkyl halides is 1. The molecule has 3 fully saturated rings. The predicted molar refractivity (Wildman–Crippen MR) is 175 cm³/mol. The van der Waals surface area contributed by atoms with Gasteiger partial charge >= 0.3 is 6.01 Å². The third-order valence-corrected chi connectivity index (χ3v) is 9.80. The Balaban J connectivity index is 1.44. The molecule has 0 aliphatic carbocycles. The Morgan fingerprint density at radius 3 is 2.78 bits per heavy atom. The number of phenols is 1. The van der Waals surface area contributed by atoms with Crippen LogP contribution in [0.15, 0.2) is 24.3 Å². The molecule has 2 N–H and O–H groups in total. The van der Waals surface area contributed by atoms with Crippen LogP contribution in [0.2, 0.25) is 0 Å². The van der Waals surface area contributed by atoms with Crippen LogP contribution in [0.1, 0.15) is 37.4 Å². The van der Waals surface area contributed by atoms with E-state index in [9.17, 15) is 9.50 Å². The minimum absolute atomic E-state index is 0.0106. The van der Waals surface area contributed by atoms with Crippen molar-refractivity contribution in [2.75, 3.05) is 44.2 Å². The second-order valence-corrected chi connectivity index (χ2v) is 12.9. The zero-order valence-electron chi connectivity index (χ0n) is 24.9. The smallest absolute Gasteiger partial charge is 0.319 e. The molecule has 2 aromatic carbocycles. The molecule has 5 heterocycles. The number of piperazine rings is 1. The van der Waals surface area contributed by atoms with Crippen LogP contribution >= 0.6 is 9.24 Å². The summed E-state index contributed by atoms with van der Waals surface area (Å²) in [5.74, 6) is 4.95. The largest absolute Gasteiger partial charge is 0.508 e. The molecule has 0 bridgehead atoms.